The van der Waals surface area contributed by atoms with Crippen molar-refractivity contribution in [2.75, 3.05) is 21.8 Å². The normalized spacial score (nSPS) is 11.5. The second-order valence-electron chi connectivity index (χ2n) is 8.24. The van der Waals surface area contributed by atoms with E-state index in [4.69, 9.17) is 0 Å². The van der Waals surface area contributed by atoms with Gasteiger partial charge in [-0.05, 0) is 65.4 Å². The van der Waals surface area contributed by atoms with Gasteiger partial charge in [-0.2, -0.15) is 5.21 Å². The van der Waals surface area contributed by atoms with Crippen LogP contribution in [0, 0.1) is 0 Å². The second-order valence-corrected chi connectivity index (χ2v) is 10.3. The Bertz CT molecular complexity index is 1600. The molecule has 208 valence electrons. The fourth-order valence-corrected chi connectivity index (χ4v) is 4.10. The number of amides is 3. The molecule has 12 nitrogen and oxygen atoms in total. The molecule has 0 unspecified atom stereocenters. The monoisotopic (exact) mass is 575 g/mol. The molecule has 16 heteroatoms. The quantitative estimate of drug-likeness (QED) is 0.284. The molecule has 0 aliphatic rings. The first-order valence-corrected chi connectivity index (χ1v) is 13.1. The van der Waals surface area contributed by atoms with E-state index in [9.17, 15) is 31.2 Å². The number of tetrazole rings is 1. The molecule has 0 fully saturated rings. The Balaban J connectivity index is 1.57. The van der Waals surface area contributed by atoms with Gasteiger partial charge in [0.25, 0.3) is 11.9 Å². The molecule has 3 aromatic carbocycles. The van der Waals surface area contributed by atoms with Gasteiger partial charge in [0, 0.05) is 23.2 Å². The number of ether oxygens (including phenoxy) is 1. The van der Waals surface area contributed by atoms with Gasteiger partial charge in [-0.15, -0.1) is 18.3 Å². The number of nitrogens with one attached hydrogen (secondary N) is 3. The van der Waals surface area contributed by atoms with Crippen molar-refractivity contribution in [1.82, 2.24) is 20.6 Å². The molecule has 0 spiro atoms. The van der Waals surface area contributed by atoms with Crippen LogP contribution in [0.2, 0.25) is 0 Å². The summed E-state index contributed by atoms with van der Waals surface area (Å²) in [5.41, 5.74) is 1.22. The number of hydrogen-bond donors (Lipinski definition) is 3. The third kappa shape index (κ3) is 7.53. The molecule has 0 atom stereocenters. The zero-order chi connectivity index (χ0) is 28.9. The summed E-state index contributed by atoms with van der Waals surface area (Å²) in [6, 6.07) is 15.7. The Morgan fingerprint density at radius 1 is 1.00 bits per heavy atom. The number of aromatic amines is 1. The van der Waals surface area contributed by atoms with Gasteiger partial charge in [0.2, 0.25) is 0 Å². The highest BCUT2D eigenvalue weighted by Crippen LogP contribution is 2.27. The molecule has 3 N–H and O–H groups in total. The molecular formula is C24H20F3N7O5S. The molecule has 1 heterocycles. The Morgan fingerprint density at radius 3 is 2.30 bits per heavy atom. The first-order valence-electron chi connectivity index (χ1n) is 11.3. The molecule has 4 aromatic rings. The number of halogens is 3. The van der Waals surface area contributed by atoms with Gasteiger partial charge >= 0.3 is 12.4 Å². The minimum Gasteiger partial charge on any atom is -0.406 e. The van der Waals surface area contributed by atoms with Crippen LogP contribution in [0.25, 0.3) is 0 Å². The molecule has 0 aliphatic heterocycles. The number of nitrogens with zero attached hydrogens (tertiary/aromatic N) is 4. The summed E-state index contributed by atoms with van der Waals surface area (Å²) < 4.78 is 65.5. The van der Waals surface area contributed by atoms with Crippen LogP contribution in [0.3, 0.4) is 0 Å². The average molecular weight is 576 g/mol. The van der Waals surface area contributed by atoms with E-state index in [-0.39, 0.29) is 34.3 Å². The Kier molecular flexibility index (Phi) is 7.99. The van der Waals surface area contributed by atoms with Crippen molar-refractivity contribution in [1.29, 1.82) is 0 Å². The summed E-state index contributed by atoms with van der Waals surface area (Å²) in [4.78, 5) is 26.9. The predicted octanol–water partition coefficient (Wildman–Crippen LogP) is 3.99. The van der Waals surface area contributed by atoms with Gasteiger partial charge in [0.05, 0.1) is 11.4 Å². The van der Waals surface area contributed by atoms with Gasteiger partial charge in [0.1, 0.15) is 5.75 Å². The van der Waals surface area contributed by atoms with Gasteiger partial charge in [-0.3, -0.25) is 15.0 Å². The summed E-state index contributed by atoms with van der Waals surface area (Å²) >= 11 is 0. The molecule has 0 saturated carbocycles. The summed E-state index contributed by atoms with van der Waals surface area (Å²) in [5.74, 6) is -1.00. The van der Waals surface area contributed by atoms with Gasteiger partial charge < -0.3 is 10.1 Å². The van der Waals surface area contributed by atoms with E-state index in [2.05, 4.69) is 36.0 Å². The number of rotatable bonds is 8. The highest BCUT2D eigenvalue weighted by atomic mass is 32.2. The van der Waals surface area contributed by atoms with Crippen molar-refractivity contribution in [3.05, 3.63) is 83.9 Å². The van der Waals surface area contributed by atoms with E-state index in [0.29, 0.717) is 5.56 Å². The minimum absolute atomic E-state index is 0.0137. The smallest absolute Gasteiger partial charge is 0.406 e. The first-order chi connectivity index (χ1) is 18.9. The van der Waals surface area contributed by atoms with Crippen LogP contribution in [-0.2, 0) is 16.4 Å². The third-order valence-electron chi connectivity index (χ3n) is 5.27. The summed E-state index contributed by atoms with van der Waals surface area (Å²) in [6.45, 7) is -0.0657. The molecule has 4 rings (SSSR count). The number of carbonyl (C=O) groups excluding carboxylic acids is 2. The SMILES string of the molecule is CS(=O)(=O)c1cccc(NC(=O)N(Cc2ccc(C(=O)Nc3nn[nH]n3)cc2)c2ccc(OC(F)(F)F)cc2)c1. The van der Waals surface area contributed by atoms with Gasteiger partial charge in [-0.25, -0.2) is 13.2 Å². The third-order valence-corrected chi connectivity index (χ3v) is 6.38. The highest BCUT2D eigenvalue weighted by Gasteiger charge is 2.31. The largest absolute Gasteiger partial charge is 0.573 e. The van der Waals surface area contributed by atoms with Crippen molar-refractivity contribution < 1.29 is 35.9 Å². The van der Waals surface area contributed by atoms with E-state index < -0.39 is 33.9 Å². The molecular weight excluding hydrogens is 555 g/mol. The Morgan fingerprint density at radius 2 is 1.70 bits per heavy atom. The lowest BCUT2D eigenvalue weighted by molar-refractivity contribution is -0.274. The number of benzene rings is 3. The van der Waals surface area contributed by atoms with Crippen LogP contribution in [0.5, 0.6) is 5.75 Å². The van der Waals surface area contributed by atoms with Crippen molar-refractivity contribution in [2.45, 2.75) is 17.8 Å². The fraction of sp³-hybridized carbons (Fsp3) is 0.125. The van der Waals surface area contributed by atoms with Crippen molar-refractivity contribution in [3.63, 3.8) is 0 Å². The zero-order valence-electron chi connectivity index (χ0n) is 20.5. The number of anilines is 3. The predicted molar refractivity (Wildman–Crippen MR) is 136 cm³/mol. The maximum atomic E-state index is 13.3. The van der Waals surface area contributed by atoms with Crippen LogP contribution in [-0.4, -0.2) is 53.6 Å². The standard InChI is InChI=1S/C24H20F3N7O5S/c1-40(37,38)20-4-2-3-17(13-20)28-23(36)34(18-9-11-19(12-10-18)39-24(25,26)27)14-15-5-7-16(8-6-15)21(35)29-22-30-32-33-31-22/h2-13H,14H2,1H3,(H,28,36)(H2,29,30,31,32,33,35). The molecule has 0 saturated heterocycles. The number of hydrogen-bond acceptors (Lipinski definition) is 8. The van der Waals surface area contributed by atoms with E-state index >= 15 is 0 Å². The number of sulfone groups is 1. The fourth-order valence-electron chi connectivity index (χ4n) is 3.44. The Hall–Kier alpha value is -4.99. The molecule has 0 bridgehead atoms. The van der Waals surface area contributed by atoms with E-state index in [1.54, 1.807) is 12.1 Å². The molecule has 40 heavy (non-hydrogen) atoms. The van der Waals surface area contributed by atoms with Crippen LogP contribution >= 0.6 is 0 Å². The van der Waals surface area contributed by atoms with Gasteiger partial charge in [-0.1, -0.05) is 23.3 Å². The summed E-state index contributed by atoms with van der Waals surface area (Å²) in [7, 11) is -3.55. The highest BCUT2D eigenvalue weighted by molar-refractivity contribution is 7.90. The summed E-state index contributed by atoms with van der Waals surface area (Å²) in [6.07, 6.45) is -3.86. The molecule has 3 amide bonds. The second kappa shape index (κ2) is 11.4. The lowest BCUT2D eigenvalue weighted by Gasteiger charge is -2.24. The zero-order valence-corrected chi connectivity index (χ0v) is 21.3. The van der Waals surface area contributed by atoms with Crippen molar-refractivity contribution in [3.8, 4) is 5.75 Å². The van der Waals surface area contributed by atoms with E-state index in [1.165, 1.54) is 53.4 Å². The topological polar surface area (TPSA) is 159 Å². The number of urea groups is 1. The van der Waals surface area contributed by atoms with Gasteiger partial charge in [0.15, 0.2) is 9.84 Å². The number of H-pyrrole nitrogens is 1. The number of aromatic nitrogens is 4. The van der Waals surface area contributed by atoms with Crippen LogP contribution in [0.1, 0.15) is 15.9 Å². The van der Waals surface area contributed by atoms with Crippen LogP contribution in [0.4, 0.5) is 35.3 Å². The van der Waals surface area contributed by atoms with Crippen LogP contribution < -0.4 is 20.3 Å². The lowest BCUT2D eigenvalue weighted by atomic mass is 10.1. The minimum atomic E-state index is -4.89. The molecule has 1 aromatic heterocycles. The number of carbonyl (C=O) groups is 2. The summed E-state index contributed by atoms with van der Waals surface area (Å²) in [5, 5.41) is 17.9. The van der Waals surface area contributed by atoms with Crippen molar-refractivity contribution >= 4 is 39.1 Å². The average Bonchev–Trinajstić information content (AvgIpc) is 3.40. The lowest BCUT2D eigenvalue weighted by Crippen LogP contribution is -2.34. The molecule has 0 aliphatic carbocycles. The van der Waals surface area contributed by atoms with E-state index in [0.717, 1.165) is 18.4 Å². The molecule has 0 radical (unpaired) electrons. The maximum Gasteiger partial charge on any atom is 0.573 e. The van der Waals surface area contributed by atoms with E-state index in [1.807, 2.05) is 0 Å². The first kappa shape index (κ1) is 28.0. The maximum absolute atomic E-state index is 13.3. The number of alkyl halides is 3. The Labute approximate surface area is 225 Å². The van der Waals surface area contributed by atoms with Crippen LogP contribution in [0.15, 0.2) is 77.7 Å². The van der Waals surface area contributed by atoms with Crippen molar-refractivity contribution in [2.24, 2.45) is 0 Å².